The number of nitrogens with two attached hydrogens (primary N) is 1. The third-order valence-electron chi connectivity index (χ3n) is 5.86. The fourth-order valence-electron chi connectivity index (χ4n) is 4.55. The van der Waals surface area contributed by atoms with Gasteiger partial charge < -0.3 is 15.6 Å². The van der Waals surface area contributed by atoms with Gasteiger partial charge in [-0.1, -0.05) is 91.0 Å². The van der Waals surface area contributed by atoms with Crippen molar-refractivity contribution in [1.29, 1.82) is 0 Å². The molecule has 0 saturated heterocycles. The lowest BCUT2D eigenvalue weighted by molar-refractivity contribution is 0.103. The van der Waals surface area contributed by atoms with Crippen molar-refractivity contribution in [1.82, 2.24) is 0 Å². The van der Waals surface area contributed by atoms with Gasteiger partial charge in [0.05, 0.1) is 0 Å². The molecule has 1 unspecified atom stereocenters. The minimum Gasteiger partial charge on any atom is -0.410 e. The second-order valence-corrected chi connectivity index (χ2v) is 7.67. The molecule has 3 N–H and O–H groups in total. The average molecular weight is 407 g/mol. The van der Waals surface area contributed by atoms with E-state index in [1.54, 1.807) is 18.2 Å². The third-order valence-corrected chi connectivity index (χ3v) is 5.86. The zero-order valence-electron chi connectivity index (χ0n) is 16.8. The highest BCUT2D eigenvalue weighted by Gasteiger charge is 2.39. The first kappa shape index (κ1) is 19.1. The van der Waals surface area contributed by atoms with E-state index in [4.69, 9.17) is 10.5 Å². The standard InChI is InChI=1S/C27H21NO3/c28-26(29)31-24-15-6-5-14-23(24)27(30)17-16-19-9-2-4-12-21(19)25(27)22-13-7-10-18-8-1-3-11-20(18)22/h1-16,30H,17H2,(H2,28,29). The van der Waals surface area contributed by atoms with Gasteiger partial charge in [-0.05, 0) is 32.8 Å². The first-order valence-corrected chi connectivity index (χ1v) is 10.2. The highest BCUT2D eigenvalue weighted by atomic mass is 16.5. The molecular formula is C27H21NO3. The normalized spacial score (nSPS) is 17.6. The monoisotopic (exact) mass is 407 g/mol. The Morgan fingerprint density at radius 1 is 0.871 bits per heavy atom. The van der Waals surface area contributed by atoms with E-state index < -0.39 is 11.7 Å². The lowest BCUT2D eigenvalue weighted by Gasteiger charge is -2.34. The average Bonchev–Trinajstić information content (AvgIpc) is 2.79. The van der Waals surface area contributed by atoms with Crippen LogP contribution in [0.1, 0.15) is 17.5 Å². The van der Waals surface area contributed by atoms with Crippen LogP contribution in [0, 0.1) is 0 Å². The summed E-state index contributed by atoms with van der Waals surface area (Å²) in [7, 11) is 0. The molecule has 4 nitrogen and oxygen atoms in total. The summed E-state index contributed by atoms with van der Waals surface area (Å²) in [6.45, 7) is 0. The van der Waals surface area contributed by atoms with E-state index >= 15 is 0 Å². The molecule has 4 heteroatoms. The van der Waals surface area contributed by atoms with Crippen LogP contribution >= 0.6 is 0 Å². The minimum absolute atomic E-state index is 0.253. The van der Waals surface area contributed by atoms with Crippen LogP contribution in [0.4, 0.5) is 4.79 Å². The first-order valence-electron chi connectivity index (χ1n) is 10.2. The van der Waals surface area contributed by atoms with E-state index in [-0.39, 0.29) is 5.75 Å². The second-order valence-electron chi connectivity index (χ2n) is 7.67. The number of carbonyl (C=O) groups excluding carboxylic acids is 1. The summed E-state index contributed by atoms with van der Waals surface area (Å²) >= 11 is 0. The van der Waals surface area contributed by atoms with Gasteiger partial charge in [0, 0.05) is 17.6 Å². The second kappa shape index (κ2) is 7.42. The zero-order valence-corrected chi connectivity index (χ0v) is 16.8. The van der Waals surface area contributed by atoms with Gasteiger partial charge in [-0.3, -0.25) is 0 Å². The Morgan fingerprint density at radius 2 is 1.58 bits per heavy atom. The summed E-state index contributed by atoms with van der Waals surface area (Å²) in [5.74, 6) is 0.253. The van der Waals surface area contributed by atoms with E-state index in [1.807, 2.05) is 60.7 Å². The molecule has 0 radical (unpaired) electrons. The van der Waals surface area contributed by atoms with E-state index in [2.05, 4.69) is 18.2 Å². The Balaban J connectivity index is 1.89. The van der Waals surface area contributed by atoms with Gasteiger partial charge in [-0.25, -0.2) is 4.79 Å². The molecule has 0 spiro atoms. The van der Waals surface area contributed by atoms with Gasteiger partial charge in [-0.15, -0.1) is 0 Å². The number of amides is 1. The zero-order chi connectivity index (χ0) is 21.4. The fourth-order valence-corrected chi connectivity index (χ4v) is 4.55. The number of fused-ring (bicyclic) bond motifs is 2. The quantitative estimate of drug-likeness (QED) is 0.545. The molecule has 0 aliphatic heterocycles. The van der Waals surface area contributed by atoms with E-state index in [0.717, 1.165) is 32.3 Å². The molecule has 0 bridgehead atoms. The van der Waals surface area contributed by atoms with Crippen LogP contribution in [0.15, 0.2) is 91.0 Å². The Hall–Kier alpha value is -3.89. The molecule has 0 fully saturated rings. The smallest absolute Gasteiger partial charge is 0.409 e. The number of aliphatic hydroxyl groups is 1. The molecular weight excluding hydrogens is 386 g/mol. The van der Waals surface area contributed by atoms with Gasteiger partial charge in [0.15, 0.2) is 0 Å². The lowest BCUT2D eigenvalue weighted by atomic mass is 9.75. The van der Waals surface area contributed by atoms with Gasteiger partial charge in [0.25, 0.3) is 0 Å². The largest absolute Gasteiger partial charge is 0.410 e. The van der Waals surface area contributed by atoms with E-state index in [9.17, 15) is 9.90 Å². The molecule has 1 aliphatic carbocycles. The number of carbonyl (C=O) groups is 1. The van der Waals surface area contributed by atoms with Gasteiger partial charge in [0.2, 0.25) is 0 Å². The molecule has 31 heavy (non-hydrogen) atoms. The molecule has 1 amide bonds. The summed E-state index contributed by atoms with van der Waals surface area (Å²) in [5, 5.41) is 16.4. The minimum atomic E-state index is -1.41. The number of hydrogen-bond acceptors (Lipinski definition) is 3. The van der Waals surface area contributed by atoms with Crippen LogP contribution < -0.4 is 20.9 Å². The summed E-state index contributed by atoms with van der Waals surface area (Å²) in [6, 6.07) is 29.2. The third kappa shape index (κ3) is 3.18. The molecule has 152 valence electrons. The number of benzene rings is 4. The maximum Gasteiger partial charge on any atom is 0.409 e. The number of hydrogen-bond donors (Lipinski definition) is 2. The van der Waals surface area contributed by atoms with Gasteiger partial charge >= 0.3 is 6.09 Å². The van der Waals surface area contributed by atoms with Crippen LogP contribution in [0.2, 0.25) is 0 Å². The maximum atomic E-state index is 12.3. The van der Waals surface area contributed by atoms with Crippen LogP contribution in [0.25, 0.3) is 22.4 Å². The summed E-state index contributed by atoms with van der Waals surface area (Å²) in [5.41, 5.74) is 6.12. The van der Waals surface area contributed by atoms with Gasteiger partial charge in [-0.2, -0.15) is 0 Å². The number of ether oxygens (including phenoxy) is 1. The molecule has 0 heterocycles. The van der Waals surface area contributed by atoms with Crippen LogP contribution in [-0.2, 0) is 5.60 Å². The van der Waals surface area contributed by atoms with Crippen molar-refractivity contribution in [3.63, 3.8) is 0 Å². The molecule has 5 rings (SSSR count). The Kier molecular flexibility index (Phi) is 4.57. The molecule has 4 aromatic rings. The Labute approximate surface area is 179 Å². The predicted octanol–water partition coefficient (Wildman–Crippen LogP) is 3.57. The van der Waals surface area contributed by atoms with E-state index in [1.165, 1.54) is 0 Å². The number of primary amides is 1. The van der Waals surface area contributed by atoms with Crippen LogP contribution in [-0.4, -0.2) is 11.2 Å². The lowest BCUT2D eigenvalue weighted by Crippen LogP contribution is -2.42. The van der Waals surface area contributed by atoms with Crippen molar-refractivity contribution >= 4 is 28.5 Å². The maximum absolute atomic E-state index is 12.3. The first-order chi connectivity index (χ1) is 15.1. The van der Waals surface area contributed by atoms with Crippen molar-refractivity contribution in [3.05, 3.63) is 113 Å². The number of para-hydroxylation sites is 1. The van der Waals surface area contributed by atoms with Crippen LogP contribution in [0.3, 0.4) is 0 Å². The predicted molar refractivity (Wildman–Crippen MR) is 122 cm³/mol. The highest BCUT2D eigenvalue weighted by molar-refractivity contribution is 5.96. The van der Waals surface area contributed by atoms with E-state index in [0.29, 0.717) is 12.0 Å². The Bertz CT molecular complexity index is 1440. The molecule has 0 saturated carbocycles. The summed E-state index contributed by atoms with van der Waals surface area (Å²) < 4.78 is 5.28. The van der Waals surface area contributed by atoms with Crippen molar-refractivity contribution in [3.8, 4) is 5.75 Å². The summed E-state index contributed by atoms with van der Waals surface area (Å²) in [4.78, 5) is 11.5. The molecule has 1 aliphatic rings. The highest BCUT2D eigenvalue weighted by Crippen LogP contribution is 2.44. The van der Waals surface area contributed by atoms with Crippen molar-refractivity contribution in [2.75, 3.05) is 0 Å². The SMILES string of the molecule is NC(=O)Oc1ccccc1C1(O)CC=c2ccccc2=C1c1cccc2ccccc12. The van der Waals surface area contributed by atoms with Crippen molar-refractivity contribution in [2.24, 2.45) is 5.73 Å². The van der Waals surface area contributed by atoms with Crippen LogP contribution in [0.5, 0.6) is 5.75 Å². The Morgan fingerprint density at radius 3 is 2.45 bits per heavy atom. The molecule has 1 atom stereocenters. The van der Waals surface area contributed by atoms with Crippen molar-refractivity contribution < 1.29 is 14.6 Å². The topological polar surface area (TPSA) is 72.6 Å². The number of rotatable bonds is 3. The van der Waals surface area contributed by atoms with Gasteiger partial charge in [0.1, 0.15) is 11.4 Å². The fraction of sp³-hybridized carbons (Fsp3) is 0.0741. The molecule has 4 aromatic carbocycles. The van der Waals surface area contributed by atoms with Crippen molar-refractivity contribution in [2.45, 2.75) is 12.0 Å². The molecule has 0 aromatic heterocycles. The summed E-state index contributed by atoms with van der Waals surface area (Å²) in [6.07, 6.45) is 1.44.